The molecule has 102 valence electrons. The number of nitrogens with two attached hydrogens (primary N) is 1. The second-order valence-corrected chi connectivity index (χ2v) is 5.30. The van der Waals surface area contributed by atoms with Gasteiger partial charge in [-0.15, -0.1) is 0 Å². The number of hydrogen-bond donors (Lipinski definition) is 2. The standard InChI is InChI=1S/C15H25NO2/c1-9(2)13(8-17)14(16)12-6-10(3)15(18-5)11(4)7-12/h6-7,9,13-14,17H,8,16H2,1-5H3. The topological polar surface area (TPSA) is 55.5 Å². The first-order chi connectivity index (χ1) is 8.42. The minimum absolute atomic E-state index is 0.0807. The first-order valence-electron chi connectivity index (χ1n) is 6.43. The van der Waals surface area contributed by atoms with E-state index in [0.29, 0.717) is 5.92 Å². The van der Waals surface area contributed by atoms with Crippen LogP contribution in [0.4, 0.5) is 0 Å². The van der Waals surface area contributed by atoms with Gasteiger partial charge in [0.2, 0.25) is 0 Å². The molecule has 0 amide bonds. The number of aliphatic hydroxyl groups is 1. The predicted octanol–water partition coefficient (Wildman–Crippen LogP) is 2.58. The van der Waals surface area contributed by atoms with Crippen LogP contribution in [0, 0.1) is 25.7 Å². The molecule has 0 aliphatic heterocycles. The lowest BCUT2D eigenvalue weighted by Crippen LogP contribution is -2.28. The summed E-state index contributed by atoms with van der Waals surface area (Å²) in [6, 6.07) is 3.97. The van der Waals surface area contributed by atoms with Gasteiger partial charge in [-0.25, -0.2) is 0 Å². The molecule has 0 radical (unpaired) electrons. The predicted molar refractivity (Wildman–Crippen MR) is 74.8 cm³/mol. The summed E-state index contributed by atoms with van der Waals surface area (Å²) in [5.74, 6) is 1.35. The molecule has 0 aliphatic rings. The maximum atomic E-state index is 9.46. The van der Waals surface area contributed by atoms with Crippen LogP contribution in [-0.4, -0.2) is 18.8 Å². The number of benzene rings is 1. The van der Waals surface area contributed by atoms with E-state index >= 15 is 0 Å². The highest BCUT2D eigenvalue weighted by Gasteiger charge is 2.23. The van der Waals surface area contributed by atoms with Crippen molar-refractivity contribution in [3.8, 4) is 5.75 Å². The quantitative estimate of drug-likeness (QED) is 0.845. The summed E-state index contributed by atoms with van der Waals surface area (Å²) < 4.78 is 5.35. The van der Waals surface area contributed by atoms with Crippen LogP contribution >= 0.6 is 0 Å². The summed E-state index contributed by atoms with van der Waals surface area (Å²) in [5, 5.41) is 9.46. The smallest absolute Gasteiger partial charge is 0.124 e. The Balaban J connectivity index is 3.10. The third-order valence-electron chi connectivity index (χ3n) is 3.60. The number of aryl methyl sites for hydroxylation is 2. The third kappa shape index (κ3) is 3.03. The van der Waals surface area contributed by atoms with Gasteiger partial charge in [-0.1, -0.05) is 26.0 Å². The molecule has 18 heavy (non-hydrogen) atoms. The Kier molecular flexibility index (Phi) is 5.17. The van der Waals surface area contributed by atoms with Crippen LogP contribution in [0.15, 0.2) is 12.1 Å². The van der Waals surface area contributed by atoms with Crippen molar-refractivity contribution in [2.24, 2.45) is 17.6 Å². The Morgan fingerprint density at radius 2 is 1.72 bits per heavy atom. The van der Waals surface area contributed by atoms with Crippen LogP contribution in [-0.2, 0) is 0 Å². The van der Waals surface area contributed by atoms with Gasteiger partial charge in [0.15, 0.2) is 0 Å². The van der Waals surface area contributed by atoms with Gasteiger partial charge in [-0.3, -0.25) is 0 Å². The molecule has 3 N–H and O–H groups in total. The maximum absolute atomic E-state index is 9.46. The molecule has 3 nitrogen and oxygen atoms in total. The zero-order chi connectivity index (χ0) is 13.9. The van der Waals surface area contributed by atoms with Crippen molar-refractivity contribution < 1.29 is 9.84 Å². The van der Waals surface area contributed by atoms with Crippen molar-refractivity contribution >= 4 is 0 Å². The second-order valence-electron chi connectivity index (χ2n) is 5.30. The van der Waals surface area contributed by atoms with Crippen molar-refractivity contribution in [1.82, 2.24) is 0 Å². The molecule has 0 fully saturated rings. The average Bonchev–Trinajstić information content (AvgIpc) is 2.28. The molecule has 1 aromatic rings. The molecule has 0 aliphatic carbocycles. The number of methoxy groups -OCH3 is 1. The Bertz CT molecular complexity index is 378. The van der Waals surface area contributed by atoms with Gasteiger partial charge < -0.3 is 15.6 Å². The molecule has 3 heteroatoms. The molecule has 1 rings (SSSR count). The Hall–Kier alpha value is -1.06. The van der Waals surface area contributed by atoms with Crippen LogP contribution < -0.4 is 10.5 Å². The van der Waals surface area contributed by atoms with E-state index in [4.69, 9.17) is 10.5 Å². The largest absolute Gasteiger partial charge is 0.496 e. The van der Waals surface area contributed by atoms with E-state index in [0.717, 1.165) is 22.4 Å². The molecule has 2 atom stereocenters. The average molecular weight is 251 g/mol. The van der Waals surface area contributed by atoms with Crippen LogP contribution in [0.1, 0.15) is 36.6 Å². The summed E-state index contributed by atoms with van der Waals surface area (Å²) in [7, 11) is 1.68. The van der Waals surface area contributed by atoms with Gasteiger partial charge >= 0.3 is 0 Å². The minimum atomic E-state index is -0.140. The lowest BCUT2D eigenvalue weighted by atomic mass is 9.84. The lowest BCUT2D eigenvalue weighted by Gasteiger charge is -2.26. The van der Waals surface area contributed by atoms with Gasteiger partial charge in [0.05, 0.1) is 7.11 Å². The van der Waals surface area contributed by atoms with Gasteiger partial charge in [-0.2, -0.15) is 0 Å². The Labute approximate surface area is 110 Å². The second kappa shape index (κ2) is 6.21. The van der Waals surface area contributed by atoms with Gasteiger partial charge in [0.1, 0.15) is 5.75 Å². The number of hydrogen-bond acceptors (Lipinski definition) is 3. The van der Waals surface area contributed by atoms with Crippen molar-refractivity contribution in [3.05, 3.63) is 28.8 Å². The van der Waals surface area contributed by atoms with E-state index < -0.39 is 0 Å². The van der Waals surface area contributed by atoms with Crippen molar-refractivity contribution in [2.45, 2.75) is 33.7 Å². The van der Waals surface area contributed by atoms with Gasteiger partial charge in [-0.05, 0) is 36.5 Å². The first-order valence-corrected chi connectivity index (χ1v) is 6.43. The molecule has 0 heterocycles. The summed E-state index contributed by atoms with van der Waals surface area (Å²) in [5.41, 5.74) is 9.52. The summed E-state index contributed by atoms with van der Waals surface area (Å²) in [6.45, 7) is 8.33. The van der Waals surface area contributed by atoms with E-state index in [1.165, 1.54) is 0 Å². The highest BCUT2D eigenvalue weighted by Crippen LogP contribution is 2.31. The normalized spacial score (nSPS) is 14.7. The highest BCUT2D eigenvalue weighted by molar-refractivity contribution is 5.44. The molecule has 0 saturated heterocycles. The van der Waals surface area contributed by atoms with E-state index in [-0.39, 0.29) is 18.6 Å². The van der Waals surface area contributed by atoms with Crippen LogP contribution in [0.2, 0.25) is 0 Å². The lowest BCUT2D eigenvalue weighted by molar-refractivity contribution is 0.166. The molecule has 0 aromatic heterocycles. The molecule has 0 bridgehead atoms. The Morgan fingerprint density at radius 1 is 1.22 bits per heavy atom. The van der Waals surface area contributed by atoms with Crippen molar-refractivity contribution in [3.63, 3.8) is 0 Å². The summed E-state index contributed by atoms with van der Waals surface area (Å²) in [6.07, 6.45) is 0. The maximum Gasteiger partial charge on any atom is 0.124 e. The summed E-state index contributed by atoms with van der Waals surface area (Å²) in [4.78, 5) is 0. The van der Waals surface area contributed by atoms with Crippen LogP contribution in [0.3, 0.4) is 0 Å². The van der Waals surface area contributed by atoms with E-state index in [9.17, 15) is 5.11 Å². The monoisotopic (exact) mass is 251 g/mol. The zero-order valence-corrected chi connectivity index (χ0v) is 12.0. The molecule has 1 aromatic carbocycles. The first kappa shape index (κ1) is 15.0. The highest BCUT2D eigenvalue weighted by atomic mass is 16.5. The summed E-state index contributed by atoms with van der Waals surface area (Å²) >= 11 is 0. The number of rotatable bonds is 5. The Morgan fingerprint density at radius 3 is 2.06 bits per heavy atom. The minimum Gasteiger partial charge on any atom is -0.496 e. The van der Waals surface area contributed by atoms with Crippen molar-refractivity contribution in [1.29, 1.82) is 0 Å². The van der Waals surface area contributed by atoms with E-state index in [1.54, 1.807) is 7.11 Å². The molecule has 0 spiro atoms. The SMILES string of the molecule is COc1c(C)cc(C(N)C(CO)C(C)C)cc1C. The van der Waals surface area contributed by atoms with E-state index in [1.807, 2.05) is 13.8 Å². The number of aliphatic hydroxyl groups excluding tert-OH is 1. The van der Waals surface area contributed by atoms with Crippen LogP contribution in [0.25, 0.3) is 0 Å². The fourth-order valence-electron chi connectivity index (χ4n) is 2.48. The molecule has 0 saturated carbocycles. The molecular formula is C15H25NO2. The zero-order valence-electron chi connectivity index (χ0n) is 12.0. The van der Waals surface area contributed by atoms with Gasteiger partial charge in [0.25, 0.3) is 0 Å². The molecule has 2 unspecified atom stereocenters. The molecular weight excluding hydrogens is 226 g/mol. The van der Waals surface area contributed by atoms with E-state index in [2.05, 4.69) is 26.0 Å². The van der Waals surface area contributed by atoms with Crippen LogP contribution in [0.5, 0.6) is 5.75 Å². The number of ether oxygens (including phenoxy) is 1. The fraction of sp³-hybridized carbons (Fsp3) is 0.600. The van der Waals surface area contributed by atoms with Crippen molar-refractivity contribution in [2.75, 3.05) is 13.7 Å². The third-order valence-corrected chi connectivity index (χ3v) is 3.60. The van der Waals surface area contributed by atoms with Gasteiger partial charge in [0, 0.05) is 18.6 Å². The fourth-order valence-corrected chi connectivity index (χ4v) is 2.48.